The molecule has 5 heteroatoms. The number of nitrogens with zero attached hydrogens (tertiary/aromatic N) is 1. The van der Waals surface area contributed by atoms with Gasteiger partial charge in [0.15, 0.2) is 8.32 Å². The van der Waals surface area contributed by atoms with Gasteiger partial charge in [-0.05, 0) is 42.1 Å². The first-order chi connectivity index (χ1) is 15.7. The second kappa shape index (κ2) is 13.4. The zero-order valence-corrected chi connectivity index (χ0v) is 22.8. The van der Waals surface area contributed by atoms with Crippen molar-refractivity contribution in [1.29, 1.82) is 0 Å². The fourth-order valence-electron chi connectivity index (χ4n) is 3.84. The molecule has 0 saturated heterocycles. The summed E-state index contributed by atoms with van der Waals surface area (Å²) in [7, 11) is -0.121. The smallest absolute Gasteiger partial charge is 0.191 e. The van der Waals surface area contributed by atoms with Crippen molar-refractivity contribution >= 4 is 8.32 Å². The minimum Gasteiger partial charge on any atom is -0.417 e. The topological polar surface area (TPSA) is 30.9 Å². The Hall–Kier alpha value is -1.50. The minimum absolute atomic E-state index is 0.0698. The third-order valence-electron chi connectivity index (χ3n) is 6.84. The summed E-state index contributed by atoms with van der Waals surface area (Å²) in [6.45, 7) is 16.5. The summed E-state index contributed by atoms with van der Waals surface area (Å²) < 4.78 is 18.1. The molecule has 0 unspecified atom stereocenters. The highest BCUT2D eigenvalue weighted by atomic mass is 28.4. The van der Waals surface area contributed by atoms with Gasteiger partial charge in [0.05, 0.1) is 6.10 Å². The molecule has 0 aromatic heterocycles. The van der Waals surface area contributed by atoms with Gasteiger partial charge in [0.2, 0.25) is 0 Å². The molecule has 2 rings (SSSR count). The van der Waals surface area contributed by atoms with Gasteiger partial charge < -0.3 is 13.9 Å². The van der Waals surface area contributed by atoms with Gasteiger partial charge in [-0.2, -0.15) is 0 Å². The molecule has 0 aliphatic carbocycles. The van der Waals surface area contributed by atoms with Crippen molar-refractivity contribution < 1.29 is 13.9 Å². The molecule has 0 aliphatic rings. The number of hydrogen-bond acceptors (Lipinski definition) is 4. The summed E-state index contributed by atoms with van der Waals surface area (Å²) in [6.07, 6.45) is 1.92. The van der Waals surface area contributed by atoms with Crippen molar-refractivity contribution in [2.45, 2.75) is 83.9 Å². The predicted octanol–water partition coefficient (Wildman–Crippen LogP) is 6.87. The molecule has 4 nitrogen and oxygen atoms in total. The highest BCUT2D eigenvalue weighted by molar-refractivity contribution is 6.74. The van der Waals surface area contributed by atoms with Gasteiger partial charge in [0.1, 0.15) is 6.79 Å². The molecule has 0 heterocycles. The maximum atomic E-state index is 6.60. The average Bonchev–Trinajstić information content (AvgIpc) is 2.78. The Bertz CT molecular complexity index is 735. The van der Waals surface area contributed by atoms with Crippen LogP contribution in [-0.4, -0.2) is 45.9 Å². The maximum Gasteiger partial charge on any atom is 0.191 e. The summed E-state index contributed by atoms with van der Waals surface area (Å²) >= 11 is 0. The van der Waals surface area contributed by atoms with Crippen LogP contribution in [0.15, 0.2) is 60.7 Å². The van der Waals surface area contributed by atoms with E-state index in [1.54, 1.807) is 7.11 Å². The van der Waals surface area contributed by atoms with Gasteiger partial charge in [-0.15, -0.1) is 0 Å². The van der Waals surface area contributed by atoms with Crippen LogP contribution in [0.2, 0.25) is 18.1 Å². The largest absolute Gasteiger partial charge is 0.417 e. The molecular weight excluding hydrogens is 426 g/mol. The number of benzene rings is 2. The number of methoxy groups -OCH3 is 1. The first-order valence-corrected chi connectivity index (χ1v) is 15.1. The highest BCUT2D eigenvalue weighted by Gasteiger charge is 2.37. The lowest BCUT2D eigenvalue weighted by atomic mass is 10.0. The van der Waals surface area contributed by atoms with Gasteiger partial charge in [0, 0.05) is 32.8 Å². The first kappa shape index (κ1) is 27.7. The molecule has 0 spiro atoms. The molecule has 0 aliphatic heterocycles. The van der Waals surface area contributed by atoms with E-state index < -0.39 is 8.32 Å². The first-order valence-electron chi connectivity index (χ1n) is 12.2. The predicted molar refractivity (Wildman–Crippen MR) is 141 cm³/mol. The Labute approximate surface area is 203 Å². The van der Waals surface area contributed by atoms with E-state index in [1.807, 2.05) is 0 Å². The number of ether oxygens (including phenoxy) is 2. The van der Waals surface area contributed by atoms with Crippen LogP contribution in [0.5, 0.6) is 0 Å². The van der Waals surface area contributed by atoms with E-state index in [-0.39, 0.29) is 17.2 Å². The van der Waals surface area contributed by atoms with Crippen molar-refractivity contribution in [2.24, 2.45) is 0 Å². The lowest BCUT2D eigenvalue weighted by molar-refractivity contribution is -0.106. The summed E-state index contributed by atoms with van der Waals surface area (Å²) in [5.74, 6) is 0. The summed E-state index contributed by atoms with van der Waals surface area (Å²) in [6, 6.07) is 21.7. The van der Waals surface area contributed by atoms with E-state index in [1.165, 1.54) is 11.1 Å². The Morgan fingerprint density at radius 3 is 1.82 bits per heavy atom. The molecule has 2 atom stereocenters. The summed E-state index contributed by atoms with van der Waals surface area (Å²) in [5.41, 5.74) is 2.62. The Morgan fingerprint density at radius 1 is 0.879 bits per heavy atom. The Kier molecular flexibility index (Phi) is 11.3. The van der Waals surface area contributed by atoms with Crippen LogP contribution in [0.25, 0.3) is 0 Å². The lowest BCUT2D eigenvalue weighted by Gasteiger charge is -2.39. The number of hydrogen-bond donors (Lipinski definition) is 0. The van der Waals surface area contributed by atoms with Gasteiger partial charge in [0.25, 0.3) is 0 Å². The van der Waals surface area contributed by atoms with Crippen LogP contribution in [0, 0.1) is 0 Å². The van der Waals surface area contributed by atoms with Crippen LogP contribution < -0.4 is 0 Å². The van der Waals surface area contributed by atoms with E-state index in [0.29, 0.717) is 6.79 Å². The van der Waals surface area contributed by atoms with E-state index in [0.717, 1.165) is 32.5 Å². The summed E-state index contributed by atoms with van der Waals surface area (Å²) in [4.78, 5) is 2.56. The molecule has 33 heavy (non-hydrogen) atoms. The zero-order chi connectivity index (χ0) is 24.3. The molecule has 2 aromatic carbocycles. The van der Waals surface area contributed by atoms with Crippen molar-refractivity contribution in [3.8, 4) is 0 Å². The van der Waals surface area contributed by atoms with Crippen molar-refractivity contribution in [3.63, 3.8) is 0 Å². The lowest BCUT2D eigenvalue weighted by Crippen LogP contribution is -2.46. The quantitative estimate of drug-likeness (QED) is 0.222. The normalized spacial score (nSPS) is 14.4. The van der Waals surface area contributed by atoms with Crippen LogP contribution in [0.3, 0.4) is 0 Å². The van der Waals surface area contributed by atoms with E-state index in [4.69, 9.17) is 13.9 Å². The molecule has 0 fully saturated rings. The monoisotopic (exact) mass is 471 g/mol. The molecular formula is C28H45NO3Si. The van der Waals surface area contributed by atoms with Gasteiger partial charge >= 0.3 is 0 Å². The van der Waals surface area contributed by atoms with Crippen molar-refractivity contribution in [3.05, 3.63) is 71.8 Å². The fraction of sp³-hybridized carbons (Fsp3) is 0.571. The van der Waals surface area contributed by atoms with Crippen LogP contribution in [0.4, 0.5) is 0 Å². The molecule has 0 bridgehead atoms. The second-order valence-electron chi connectivity index (χ2n) is 10.4. The van der Waals surface area contributed by atoms with Crippen LogP contribution in [0.1, 0.15) is 51.7 Å². The Morgan fingerprint density at radius 2 is 1.39 bits per heavy atom. The van der Waals surface area contributed by atoms with Crippen LogP contribution in [-0.2, 0) is 27.0 Å². The molecule has 0 radical (unpaired) electrons. The van der Waals surface area contributed by atoms with Crippen LogP contribution >= 0.6 is 0 Å². The summed E-state index contributed by atoms with van der Waals surface area (Å²) in [5, 5.41) is 0.201. The average molecular weight is 472 g/mol. The van der Waals surface area contributed by atoms with Gasteiger partial charge in [-0.1, -0.05) is 88.4 Å². The third-order valence-corrected chi connectivity index (χ3v) is 11.4. The molecule has 0 amide bonds. The SMILES string of the molecule is CC[C@H](OCOC)[C@@H](CCO[Si](C)(C)C(C)(C)C)N(Cc1ccccc1)Cc1ccccc1. The van der Waals surface area contributed by atoms with Gasteiger partial charge in [-0.3, -0.25) is 4.90 Å². The fourth-order valence-corrected chi connectivity index (χ4v) is 4.90. The third kappa shape index (κ3) is 8.99. The second-order valence-corrected chi connectivity index (χ2v) is 15.2. The van der Waals surface area contributed by atoms with Gasteiger partial charge in [-0.25, -0.2) is 0 Å². The van der Waals surface area contributed by atoms with E-state index >= 15 is 0 Å². The molecule has 0 saturated carbocycles. The minimum atomic E-state index is -1.81. The standard InChI is InChI=1S/C28H45NO3Si/c1-8-27(31-23-30-5)26(19-20-32-33(6,7)28(2,3)4)29(21-24-15-11-9-12-16-24)22-25-17-13-10-14-18-25/h9-18,26-27H,8,19-23H2,1-7H3/t26-,27+/m1/s1. The molecule has 2 aromatic rings. The van der Waals surface area contributed by atoms with Crippen molar-refractivity contribution in [2.75, 3.05) is 20.5 Å². The Balaban J connectivity index is 2.29. The van der Waals surface area contributed by atoms with E-state index in [9.17, 15) is 0 Å². The highest BCUT2D eigenvalue weighted by Crippen LogP contribution is 2.36. The molecule has 184 valence electrons. The zero-order valence-electron chi connectivity index (χ0n) is 21.8. The number of rotatable bonds is 14. The van der Waals surface area contributed by atoms with E-state index in [2.05, 4.69) is 106 Å². The maximum absolute atomic E-state index is 6.60. The molecule has 0 N–H and O–H groups in total. The van der Waals surface area contributed by atoms with Crippen molar-refractivity contribution in [1.82, 2.24) is 4.90 Å².